The van der Waals surface area contributed by atoms with Gasteiger partial charge in [0.25, 0.3) is 5.91 Å². The van der Waals surface area contributed by atoms with Crippen LogP contribution in [0.15, 0.2) is 29.9 Å². The minimum atomic E-state index is -4.48. The molecule has 3 aromatic rings. The molecule has 0 unspecified atom stereocenters. The number of aromatic nitrogens is 3. The molecule has 7 nitrogen and oxygen atoms in total. The number of aliphatic hydroxyl groups is 1. The molecular weight excluding hydrogens is 407 g/mol. The molecule has 0 spiro atoms. The van der Waals surface area contributed by atoms with Crippen molar-refractivity contribution in [1.29, 1.82) is 0 Å². The predicted molar refractivity (Wildman–Crippen MR) is 101 cm³/mol. The van der Waals surface area contributed by atoms with E-state index in [2.05, 4.69) is 20.3 Å². The summed E-state index contributed by atoms with van der Waals surface area (Å²) in [6.45, 7) is 0.701. The van der Waals surface area contributed by atoms with Crippen LogP contribution in [0.25, 0.3) is 10.2 Å². The molecule has 11 heteroatoms. The van der Waals surface area contributed by atoms with Crippen molar-refractivity contribution in [3.05, 3.63) is 46.7 Å². The van der Waals surface area contributed by atoms with Gasteiger partial charge in [0.1, 0.15) is 0 Å². The van der Waals surface area contributed by atoms with Crippen molar-refractivity contribution in [1.82, 2.24) is 19.9 Å². The zero-order valence-corrected chi connectivity index (χ0v) is 15.8. The molecule has 1 aliphatic rings. The Morgan fingerprint density at radius 1 is 1.34 bits per heavy atom. The molecule has 1 fully saturated rings. The Balaban J connectivity index is 1.58. The quantitative estimate of drug-likeness (QED) is 0.671. The number of aliphatic hydroxyl groups excluding tert-OH is 1. The smallest absolute Gasteiger partial charge is 0.391 e. The van der Waals surface area contributed by atoms with Crippen molar-refractivity contribution in [3.63, 3.8) is 0 Å². The maximum Gasteiger partial charge on any atom is 0.417 e. The number of likely N-dealkylation sites (tertiary alicyclic amines) is 1. The van der Waals surface area contributed by atoms with Crippen LogP contribution in [0.2, 0.25) is 0 Å². The lowest BCUT2D eigenvalue weighted by Gasteiger charge is -2.16. The zero-order valence-electron chi connectivity index (χ0n) is 15.0. The third-order valence-corrected chi connectivity index (χ3v) is 5.44. The summed E-state index contributed by atoms with van der Waals surface area (Å²) in [4.78, 5) is 26.6. The molecule has 2 N–H and O–H groups in total. The van der Waals surface area contributed by atoms with Crippen molar-refractivity contribution in [2.45, 2.75) is 25.2 Å². The van der Waals surface area contributed by atoms with Crippen LogP contribution >= 0.6 is 11.3 Å². The predicted octanol–water partition coefficient (Wildman–Crippen LogP) is 2.92. The normalized spacial score (nSPS) is 17.1. The average molecular weight is 423 g/mol. The molecule has 0 radical (unpaired) electrons. The number of hydrogen-bond donors (Lipinski definition) is 2. The molecule has 1 amide bonds. The number of nitrogens with zero attached hydrogens (tertiary/aromatic N) is 4. The Kier molecular flexibility index (Phi) is 5.09. The molecule has 0 bridgehead atoms. The highest BCUT2D eigenvalue weighted by atomic mass is 32.1. The highest BCUT2D eigenvalue weighted by Crippen LogP contribution is 2.29. The van der Waals surface area contributed by atoms with E-state index in [1.807, 2.05) is 0 Å². The van der Waals surface area contributed by atoms with Gasteiger partial charge in [0.05, 0.1) is 21.9 Å². The number of carbonyl (C=O) groups excluding carboxylic acids is 1. The van der Waals surface area contributed by atoms with Crippen molar-refractivity contribution < 1.29 is 23.1 Å². The van der Waals surface area contributed by atoms with Crippen LogP contribution in [0.1, 0.15) is 28.0 Å². The summed E-state index contributed by atoms with van der Waals surface area (Å²) in [5, 5.41) is 14.3. The minimum absolute atomic E-state index is 0.0165. The van der Waals surface area contributed by atoms with E-state index < -0.39 is 17.8 Å². The van der Waals surface area contributed by atoms with Crippen LogP contribution in [0.3, 0.4) is 0 Å². The van der Waals surface area contributed by atoms with Gasteiger partial charge in [-0.2, -0.15) is 13.2 Å². The Morgan fingerprint density at radius 3 is 2.90 bits per heavy atom. The average Bonchev–Trinajstić information content (AvgIpc) is 3.33. The first-order chi connectivity index (χ1) is 13.8. The molecule has 1 atom stereocenters. The van der Waals surface area contributed by atoms with Crippen LogP contribution in [0.4, 0.5) is 19.1 Å². The lowest BCUT2D eigenvalue weighted by atomic mass is 10.2. The lowest BCUT2D eigenvalue weighted by molar-refractivity contribution is -0.137. The van der Waals surface area contributed by atoms with E-state index in [-0.39, 0.29) is 30.6 Å². The fraction of sp³-hybridized carbons (Fsp3) is 0.333. The van der Waals surface area contributed by atoms with Gasteiger partial charge in [-0.15, -0.1) is 11.3 Å². The Labute approximate surface area is 167 Å². The zero-order chi connectivity index (χ0) is 20.6. The van der Waals surface area contributed by atoms with Gasteiger partial charge in [-0.1, -0.05) is 0 Å². The second-order valence-corrected chi connectivity index (χ2v) is 7.57. The van der Waals surface area contributed by atoms with E-state index in [1.54, 1.807) is 11.4 Å². The second kappa shape index (κ2) is 7.56. The number of rotatable bonds is 4. The number of hydrogen-bond acceptors (Lipinski definition) is 7. The van der Waals surface area contributed by atoms with E-state index in [0.29, 0.717) is 28.7 Å². The first-order valence-corrected chi connectivity index (χ1v) is 9.67. The molecule has 4 rings (SSSR count). The highest BCUT2D eigenvalue weighted by Gasteiger charge is 2.31. The molecule has 0 saturated carbocycles. The Bertz CT molecular complexity index is 1060. The molecule has 0 aliphatic carbocycles. The summed E-state index contributed by atoms with van der Waals surface area (Å²) in [6, 6.07) is 2.75. The summed E-state index contributed by atoms with van der Waals surface area (Å²) >= 11 is 1.33. The summed E-state index contributed by atoms with van der Waals surface area (Å²) in [5.41, 5.74) is 0.250. The van der Waals surface area contributed by atoms with Crippen LogP contribution < -0.4 is 5.32 Å². The topological polar surface area (TPSA) is 91.2 Å². The minimum Gasteiger partial charge on any atom is -0.391 e. The Hall–Kier alpha value is -2.79. The molecule has 0 aromatic carbocycles. The van der Waals surface area contributed by atoms with Gasteiger partial charge < -0.3 is 15.3 Å². The van der Waals surface area contributed by atoms with Gasteiger partial charge >= 0.3 is 6.18 Å². The van der Waals surface area contributed by atoms with Crippen molar-refractivity contribution in [3.8, 4) is 0 Å². The maximum absolute atomic E-state index is 12.9. The first-order valence-electron chi connectivity index (χ1n) is 8.79. The first kappa shape index (κ1) is 19.5. The van der Waals surface area contributed by atoms with E-state index in [4.69, 9.17) is 0 Å². The summed E-state index contributed by atoms with van der Waals surface area (Å²) in [7, 11) is 0. The summed E-state index contributed by atoms with van der Waals surface area (Å²) in [6.07, 6.45) is -2.43. The molecule has 4 heterocycles. The van der Waals surface area contributed by atoms with Crippen LogP contribution in [0.5, 0.6) is 0 Å². The number of alkyl halides is 3. The SMILES string of the molecule is O=C(c1nc(NCc2cncc(C(F)(F)F)c2)nc2ccsc12)N1CC[C@H](O)C1. The third-order valence-electron chi connectivity index (χ3n) is 4.53. The second-order valence-electron chi connectivity index (χ2n) is 6.66. The number of fused-ring (bicyclic) bond motifs is 1. The van der Waals surface area contributed by atoms with Gasteiger partial charge in [-0.25, -0.2) is 9.97 Å². The van der Waals surface area contributed by atoms with Gasteiger partial charge in [0.15, 0.2) is 5.69 Å². The molecular formula is C18H16F3N5O2S. The van der Waals surface area contributed by atoms with Gasteiger partial charge in [0, 0.05) is 32.0 Å². The van der Waals surface area contributed by atoms with E-state index in [1.165, 1.54) is 22.4 Å². The molecule has 1 aliphatic heterocycles. The fourth-order valence-electron chi connectivity index (χ4n) is 3.08. The van der Waals surface area contributed by atoms with E-state index >= 15 is 0 Å². The van der Waals surface area contributed by atoms with Gasteiger partial charge in [-0.3, -0.25) is 9.78 Å². The molecule has 3 aromatic heterocycles. The number of pyridine rings is 1. The molecule has 1 saturated heterocycles. The lowest BCUT2D eigenvalue weighted by Crippen LogP contribution is -2.30. The van der Waals surface area contributed by atoms with Crippen LogP contribution in [-0.4, -0.2) is 50.1 Å². The van der Waals surface area contributed by atoms with E-state index in [0.717, 1.165) is 12.3 Å². The van der Waals surface area contributed by atoms with Gasteiger partial charge in [-0.05, 0) is 29.5 Å². The van der Waals surface area contributed by atoms with Crippen LogP contribution in [0, 0.1) is 0 Å². The monoisotopic (exact) mass is 423 g/mol. The highest BCUT2D eigenvalue weighted by molar-refractivity contribution is 7.17. The van der Waals surface area contributed by atoms with Crippen molar-refractivity contribution >= 4 is 33.4 Å². The number of amides is 1. The maximum atomic E-state index is 12.9. The number of nitrogens with one attached hydrogen (secondary N) is 1. The molecule has 29 heavy (non-hydrogen) atoms. The Morgan fingerprint density at radius 2 is 2.17 bits per heavy atom. The summed E-state index contributed by atoms with van der Waals surface area (Å²) < 4.78 is 39.2. The largest absolute Gasteiger partial charge is 0.417 e. The summed E-state index contributed by atoms with van der Waals surface area (Å²) in [5.74, 6) is -0.170. The number of halogens is 3. The number of thiophene rings is 1. The number of β-amino-alcohol motifs (C(OH)–C–C–N with tert-alkyl or cyclic N) is 1. The number of anilines is 1. The fourth-order valence-corrected chi connectivity index (χ4v) is 3.90. The number of carbonyl (C=O) groups is 1. The van der Waals surface area contributed by atoms with Crippen molar-refractivity contribution in [2.24, 2.45) is 0 Å². The van der Waals surface area contributed by atoms with Gasteiger partial charge in [0.2, 0.25) is 5.95 Å². The third kappa shape index (κ3) is 4.15. The molecule has 152 valence electrons. The van der Waals surface area contributed by atoms with E-state index in [9.17, 15) is 23.1 Å². The van der Waals surface area contributed by atoms with Crippen LogP contribution in [-0.2, 0) is 12.7 Å². The standard InChI is InChI=1S/C18H16F3N5O2S/c19-18(20,21)11-5-10(6-22-8-11)7-23-17-24-13-2-4-29-15(13)14(25-17)16(28)26-3-1-12(27)9-26/h2,4-6,8,12,27H,1,3,7,9H2,(H,23,24,25)/t12-/m0/s1. The van der Waals surface area contributed by atoms with Crippen molar-refractivity contribution in [2.75, 3.05) is 18.4 Å².